The summed E-state index contributed by atoms with van der Waals surface area (Å²) in [6, 6.07) is 9.35. The number of nitrogens with zero attached hydrogens (tertiary/aromatic N) is 2. The highest BCUT2D eigenvalue weighted by Crippen LogP contribution is 2.22. The molecular weight excluding hydrogens is 443 g/mol. The maximum Gasteiger partial charge on any atom is 0.416 e. The Balaban J connectivity index is 2.05. The molecule has 1 atom stereocenters. The molecule has 0 aliphatic carbocycles. The van der Waals surface area contributed by atoms with E-state index in [4.69, 9.17) is 16.7 Å². The zero-order valence-electron chi connectivity index (χ0n) is 15.4. The first kappa shape index (κ1) is 22.0. The SMILES string of the molecule is Cc1cc(-n2nc(-c3ccc(Cl)cc3)cc(C(=O)NCC(O)C(F)(F)F)c2=O)cs1. The van der Waals surface area contributed by atoms with Crippen LogP contribution in [0.3, 0.4) is 0 Å². The molecule has 158 valence electrons. The average molecular weight is 458 g/mol. The lowest BCUT2D eigenvalue weighted by molar-refractivity contribution is -0.201. The van der Waals surface area contributed by atoms with Crippen LogP contribution in [0.2, 0.25) is 5.02 Å². The van der Waals surface area contributed by atoms with Crippen molar-refractivity contribution >= 4 is 28.8 Å². The van der Waals surface area contributed by atoms with Crippen LogP contribution in [-0.2, 0) is 0 Å². The van der Waals surface area contributed by atoms with Crippen molar-refractivity contribution in [1.82, 2.24) is 15.1 Å². The van der Waals surface area contributed by atoms with Gasteiger partial charge < -0.3 is 10.4 Å². The minimum absolute atomic E-state index is 0.247. The van der Waals surface area contributed by atoms with Gasteiger partial charge in [-0.15, -0.1) is 11.3 Å². The van der Waals surface area contributed by atoms with Gasteiger partial charge in [0.15, 0.2) is 6.10 Å². The first-order valence-electron chi connectivity index (χ1n) is 8.55. The van der Waals surface area contributed by atoms with Gasteiger partial charge in [-0.3, -0.25) is 9.59 Å². The summed E-state index contributed by atoms with van der Waals surface area (Å²) < 4.78 is 38.5. The van der Waals surface area contributed by atoms with Gasteiger partial charge in [0.2, 0.25) is 0 Å². The number of amides is 1. The Bertz CT molecular complexity index is 1130. The number of aryl methyl sites for hydroxylation is 1. The normalized spacial score (nSPS) is 12.6. The standard InChI is InChI=1S/C19H15ClF3N3O3S/c1-10-6-13(9-30-10)26-18(29)14(17(28)24-8-16(27)19(21,22)23)7-15(25-26)11-2-4-12(20)5-3-11/h2-7,9,16,27H,8H2,1H3,(H,24,28). The fraction of sp³-hybridized carbons (Fsp3) is 0.211. The zero-order valence-corrected chi connectivity index (χ0v) is 17.0. The Labute approximate surface area is 177 Å². The van der Waals surface area contributed by atoms with E-state index in [0.717, 1.165) is 9.56 Å². The van der Waals surface area contributed by atoms with Gasteiger partial charge in [0.25, 0.3) is 11.5 Å². The van der Waals surface area contributed by atoms with Crippen molar-refractivity contribution in [2.45, 2.75) is 19.2 Å². The molecule has 0 fully saturated rings. The molecule has 1 amide bonds. The van der Waals surface area contributed by atoms with Gasteiger partial charge in [-0.05, 0) is 31.2 Å². The van der Waals surface area contributed by atoms with Crippen LogP contribution in [0.1, 0.15) is 15.2 Å². The molecule has 0 spiro atoms. The van der Waals surface area contributed by atoms with E-state index in [-0.39, 0.29) is 5.69 Å². The van der Waals surface area contributed by atoms with Crippen molar-refractivity contribution in [2.24, 2.45) is 0 Å². The van der Waals surface area contributed by atoms with Gasteiger partial charge >= 0.3 is 6.18 Å². The number of benzene rings is 1. The van der Waals surface area contributed by atoms with Crippen molar-refractivity contribution in [3.63, 3.8) is 0 Å². The summed E-state index contributed by atoms with van der Waals surface area (Å²) in [4.78, 5) is 26.2. The molecule has 1 aromatic carbocycles. The molecule has 1 unspecified atom stereocenters. The number of nitrogens with one attached hydrogen (secondary N) is 1. The van der Waals surface area contributed by atoms with Crippen LogP contribution < -0.4 is 10.9 Å². The van der Waals surface area contributed by atoms with Gasteiger partial charge in [-0.2, -0.15) is 23.0 Å². The summed E-state index contributed by atoms with van der Waals surface area (Å²) in [6.45, 7) is 0.742. The van der Waals surface area contributed by atoms with Crippen LogP contribution in [0.25, 0.3) is 16.9 Å². The van der Waals surface area contributed by atoms with E-state index >= 15 is 0 Å². The summed E-state index contributed by atoms with van der Waals surface area (Å²) in [5.74, 6) is -1.05. The lowest BCUT2D eigenvalue weighted by Crippen LogP contribution is -2.42. The number of hydrogen-bond acceptors (Lipinski definition) is 5. The summed E-state index contributed by atoms with van der Waals surface area (Å²) in [7, 11) is 0. The smallest absolute Gasteiger partial charge is 0.382 e. The average Bonchev–Trinajstić information content (AvgIpc) is 3.12. The highest BCUT2D eigenvalue weighted by molar-refractivity contribution is 7.10. The first-order chi connectivity index (χ1) is 14.1. The van der Waals surface area contributed by atoms with E-state index in [1.165, 1.54) is 17.4 Å². The first-order valence-corrected chi connectivity index (χ1v) is 9.81. The van der Waals surface area contributed by atoms with Crippen LogP contribution in [0, 0.1) is 6.92 Å². The third-order valence-electron chi connectivity index (χ3n) is 4.09. The van der Waals surface area contributed by atoms with Crippen molar-refractivity contribution in [3.05, 3.63) is 67.6 Å². The maximum absolute atomic E-state index is 12.8. The number of rotatable bonds is 5. The van der Waals surface area contributed by atoms with E-state index in [1.807, 2.05) is 12.2 Å². The van der Waals surface area contributed by atoms with Crippen LogP contribution >= 0.6 is 22.9 Å². The monoisotopic (exact) mass is 457 g/mol. The van der Waals surface area contributed by atoms with Gasteiger partial charge in [0, 0.05) is 20.8 Å². The van der Waals surface area contributed by atoms with Gasteiger partial charge in [-0.25, -0.2) is 0 Å². The Morgan fingerprint density at radius 2 is 1.97 bits per heavy atom. The highest BCUT2D eigenvalue weighted by Gasteiger charge is 2.38. The third kappa shape index (κ3) is 4.89. The van der Waals surface area contributed by atoms with Gasteiger partial charge in [0.05, 0.1) is 17.9 Å². The van der Waals surface area contributed by atoms with E-state index < -0.39 is 35.9 Å². The zero-order chi connectivity index (χ0) is 22.1. The van der Waals surface area contributed by atoms with Gasteiger partial charge in [-0.1, -0.05) is 23.7 Å². The number of hydrogen-bond donors (Lipinski definition) is 2. The van der Waals surface area contributed by atoms with Crippen molar-refractivity contribution in [3.8, 4) is 16.9 Å². The molecule has 0 aliphatic rings. The largest absolute Gasteiger partial charge is 0.416 e. The number of aliphatic hydroxyl groups is 1. The van der Waals surface area contributed by atoms with Crippen molar-refractivity contribution in [1.29, 1.82) is 0 Å². The molecule has 2 aromatic heterocycles. The van der Waals surface area contributed by atoms with Crippen LogP contribution in [-0.4, -0.2) is 39.6 Å². The molecule has 2 heterocycles. The van der Waals surface area contributed by atoms with E-state index in [1.54, 1.807) is 35.7 Å². The molecule has 3 rings (SSSR count). The Morgan fingerprint density at radius 3 is 2.53 bits per heavy atom. The molecule has 0 aliphatic heterocycles. The fourth-order valence-electron chi connectivity index (χ4n) is 2.53. The predicted octanol–water partition coefficient (Wildman–Crippen LogP) is 3.58. The van der Waals surface area contributed by atoms with E-state index in [0.29, 0.717) is 16.3 Å². The number of aromatic nitrogens is 2. The van der Waals surface area contributed by atoms with Crippen LogP contribution in [0.5, 0.6) is 0 Å². The molecular formula is C19H15ClF3N3O3S. The molecule has 0 saturated carbocycles. The Kier molecular flexibility index (Phi) is 6.30. The lowest BCUT2D eigenvalue weighted by Gasteiger charge is -2.15. The summed E-state index contributed by atoms with van der Waals surface area (Å²) in [6.07, 6.45) is -7.64. The molecule has 11 heteroatoms. The fourth-order valence-corrected chi connectivity index (χ4v) is 3.32. The molecule has 0 radical (unpaired) electrons. The van der Waals surface area contributed by atoms with Crippen molar-refractivity contribution in [2.75, 3.05) is 6.54 Å². The predicted molar refractivity (Wildman–Crippen MR) is 107 cm³/mol. The van der Waals surface area contributed by atoms with Gasteiger partial charge in [0.1, 0.15) is 5.56 Å². The van der Waals surface area contributed by atoms with E-state index in [2.05, 4.69) is 5.10 Å². The quantitative estimate of drug-likeness (QED) is 0.613. The second kappa shape index (κ2) is 8.58. The van der Waals surface area contributed by atoms with Crippen LogP contribution in [0.15, 0.2) is 46.6 Å². The Morgan fingerprint density at radius 1 is 1.30 bits per heavy atom. The molecule has 6 nitrogen and oxygen atoms in total. The number of thiophene rings is 1. The summed E-state index contributed by atoms with van der Waals surface area (Å²) >= 11 is 7.26. The maximum atomic E-state index is 12.8. The minimum atomic E-state index is -4.89. The second-order valence-corrected chi connectivity index (χ2v) is 7.90. The topological polar surface area (TPSA) is 84.2 Å². The number of alkyl halides is 3. The van der Waals surface area contributed by atoms with E-state index in [9.17, 15) is 22.8 Å². The van der Waals surface area contributed by atoms with Crippen molar-refractivity contribution < 1.29 is 23.1 Å². The molecule has 30 heavy (non-hydrogen) atoms. The molecule has 0 saturated heterocycles. The second-order valence-electron chi connectivity index (χ2n) is 6.35. The third-order valence-corrected chi connectivity index (χ3v) is 5.19. The number of halogens is 4. The minimum Gasteiger partial charge on any atom is -0.382 e. The number of carbonyl (C=O) groups excluding carboxylic acids is 1. The number of aliphatic hydroxyl groups excluding tert-OH is 1. The lowest BCUT2D eigenvalue weighted by atomic mass is 10.1. The molecule has 2 N–H and O–H groups in total. The molecule has 3 aromatic rings. The summed E-state index contributed by atoms with van der Waals surface area (Å²) in [5.41, 5.74) is 0.00139. The molecule has 0 bridgehead atoms. The van der Waals surface area contributed by atoms with Crippen LogP contribution in [0.4, 0.5) is 13.2 Å². The highest BCUT2D eigenvalue weighted by atomic mass is 35.5. The summed E-state index contributed by atoms with van der Waals surface area (Å²) in [5, 5.41) is 17.5. The Hall–Kier alpha value is -2.69. The number of carbonyl (C=O) groups is 1.